The number of hydrogen-bond acceptors (Lipinski definition) is 4. The number of piperazine rings is 1. The highest BCUT2D eigenvalue weighted by Gasteiger charge is 2.21. The zero-order chi connectivity index (χ0) is 18.6. The van der Waals surface area contributed by atoms with Crippen LogP contribution in [0, 0.1) is 3.57 Å². The minimum atomic E-state index is 0.266. The maximum absolute atomic E-state index is 9.08. The van der Waals surface area contributed by atoms with E-state index >= 15 is 0 Å². The van der Waals surface area contributed by atoms with Crippen LogP contribution in [0.1, 0.15) is 17.5 Å². The fourth-order valence-corrected chi connectivity index (χ4v) is 5.41. The first-order chi connectivity index (χ1) is 13.2. The Balaban J connectivity index is 1.49. The van der Waals surface area contributed by atoms with Crippen molar-refractivity contribution in [2.75, 3.05) is 45.9 Å². The third-order valence-electron chi connectivity index (χ3n) is 5.30. The lowest BCUT2D eigenvalue weighted by molar-refractivity contribution is 0.114. The minimum Gasteiger partial charge on any atom is -0.395 e. The second-order valence-corrected chi connectivity index (χ2v) is 9.38. The molecule has 0 spiro atoms. The highest BCUT2D eigenvalue weighted by Crippen LogP contribution is 2.45. The number of hydrogen-bond donors (Lipinski definition) is 1. The van der Waals surface area contributed by atoms with E-state index in [0.29, 0.717) is 0 Å². The number of benzene rings is 2. The molecule has 0 aromatic heterocycles. The molecule has 2 aliphatic heterocycles. The molecule has 0 unspecified atom stereocenters. The summed E-state index contributed by atoms with van der Waals surface area (Å²) in [5, 5.41) is 9.08. The van der Waals surface area contributed by atoms with Crippen LogP contribution in [0.4, 0.5) is 0 Å². The molecule has 27 heavy (non-hydrogen) atoms. The first-order valence-electron chi connectivity index (χ1n) is 9.57. The topological polar surface area (TPSA) is 26.7 Å². The summed E-state index contributed by atoms with van der Waals surface area (Å²) in [5.41, 5.74) is 4.12. The van der Waals surface area contributed by atoms with Crippen LogP contribution >= 0.6 is 34.4 Å². The van der Waals surface area contributed by atoms with Gasteiger partial charge in [0.1, 0.15) is 0 Å². The summed E-state index contributed by atoms with van der Waals surface area (Å²) in [6.45, 7) is 6.51. The highest BCUT2D eigenvalue weighted by atomic mass is 127. The van der Waals surface area contributed by atoms with Crippen molar-refractivity contribution in [1.82, 2.24) is 9.80 Å². The Morgan fingerprint density at radius 3 is 2.41 bits per heavy atom. The molecule has 3 nitrogen and oxygen atoms in total. The summed E-state index contributed by atoms with van der Waals surface area (Å²) in [5.74, 6) is 0. The molecule has 1 saturated heterocycles. The fourth-order valence-electron chi connectivity index (χ4n) is 3.83. The Kier molecular flexibility index (Phi) is 6.55. The number of aliphatic hydroxyl groups excluding tert-OH is 1. The van der Waals surface area contributed by atoms with Crippen molar-refractivity contribution in [2.45, 2.75) is 16.2 Å². The van der Waals surface area contributed by atoms with Crippen molar-refractivity contribution in [3.05, 3.63) is 63.2 Å². The maximum atomic E-state index is 9.08. The van der Waals surface area contributed by atoms with Gasteiger partial charge in [0.25, 0.3) is 0 Å². The van der Waals surface area contributed by atoms with Crippen molar-refractivity contribution in [3.63, 3.8) is 0 Å². The van der Waals surface area contributed by atoms with Crippen LogP contribution in [0.3, 0.4) is 0 Å². The second kappa shape index (κ2) is 9.09. The van der Waals surface area contributed by atoms with Gasteiger partial charge in [-0.2, -0.15) is 0 Å². The zero-order valence-corrected chi connectivity index (χ0v) is 18.4. The van der Waals surface area contributed by atoms with E-state index in [-0.39, 0.29) is 6.61 Å². The molecule has 5 heteroatoms. The van der Waals surface area contributed by atoms with Crippen LogP contribution < -0.4 is 0 Å². The third kappa shape index (κ3) is 4.59. The van der Waals surface area contributed by atoms with Crippen molar-refractivity contribution < 1.29 is 5.11 Å². The van der Waals surface area contributed by atoms with Crippen LogP contribution in [0.2, 0.25) is 0 Å². The molecule has 2 aromatic carbocycles. The van der Waals surface area contributed by atoms with Gasteiger partial charge < -0.3 is 10.0 Å². The van der Waals surface area contributed by atoms with E-state index in [1.54, 1.807) is 0 Å². The maximum Gasteiger partial charge on any atom is 0.0558 e. The van der Waals surface area contributed by atoms with Gasteiger partial charge in [-0.3, -0.25) is 4.90 Å². The molecule has 4 rings (SSSR count). The lowest BCUT2D eigenvalue weighted by Crippen LogP contribution is -2.47. The number of halogens is 1. The average molecular weight is 492 g/mol. The molecule has 0 bridgehead atoms. The van der Waals surface area contributed by atoms with E-state index in [0.717, 1.165) is 45.7 Å². The smallest absolute Gasteiger partial charge is 0.0558 e. The molecule has 2 heterocycles. The summed E-state index contributed by atoms with van der Waals surface area (Å²) < 4.78 is 1.29. The molecule has 0 atom stereocenters. The summed E-state index contributed by atoms with van der Waals surface area (Å²) >= 11 is 4.29. The van der Waals surface area contributed by atoms with Crippen LogP contribution in [0.15, 0.2) is 58.3 Å². The summed E-state index contributed by atoms with van der Waals surface area (Å²) in [6, 6.07) is 15.5. The average Bonchev–Trinajstić information content (AvgIpc) is 2.69. The Hall–Kier alpha value is -0.860. The number of aliphatic hydroxyl groups is 1. The van der Waals surface area contributed by atoms with Crippen molar-refractivity contribution in [2.24, 2.45) is 0 Å². The van der Waals surface area contributed by atoms with E-state index in [4.69, 9.17) is 5.11 Å². The van der Waals surface area contributed by atoms with Gasteiger partial charge in [0.05, 0.1) is 6.61 Å². The van der Waals surface area contributed by atoms with Gasteiger partial charge in [0, 0.05) is 52.6 Å². The summed E-state index contributed by atoms with van der Waals surface area (Å²) in [6.07, 6.45) is 3.51. The molecule has 2 aliphatic rings. The van der Waals surface area contributed by atoms with E-state index in [1.807, 2.05) is 11.8 Å². The fraction of sp³-hybridized carbons (Fsp3) is 0.364. The molecular formula is C22H25IN2OS. The van der Waals surface area contributed by atoms with Gasteiger partial charge in [-0.05, 0) is 70.0 Å². The van der Waals surface area contributed by atoms with Crippen LogP contribution in [0.5, 0.6) is 0 Å². The first-order valence-corrected chi connectivity index (χ1v) is 11.5. The van der Waals surface area contributed by atoms with Gasteiger partial charge in [-0.15, -0.1) is 0 Å². The van der Waals surface area contributed by atoms with Gasteiger partial charge in [-0.25, -0.2) is 0 Å². The highest BCUT2D eigenvalue weighted by molar-refractivity contribution is 14.1. The Morgan fingerprint density at radius 1 is 0.926 bits per heavy atom. The van der Waals surface area contributed by atoms with Gasteiger partial charge in [-0.1, -0.05) is 36.0 Å². The molecule has 0 radical (unpaired) electrons. The molecule has 1 fully saturated rings. The SMILES string of the molecule is OCCN1CCN(CC/C=C2/c3ccccc3Sc3ccc(I)cc32)CC1. The van der Waals surface area contributed by atoms with Crippen molar-refractivity contribution >= 4 is 39.9 Å². The van der Waals surface area contributed by atoms with E-state index < -0.39 is 0 Å². The third-order valence-corrected chi connectivity index (χ3v) is 7.13. The van der Waals surface area contributed by atoms with Crippen LogP contribution in [0.25, 0.3) is 5.57 Å². The molecule has 0 saturated carbocycles. The van der Waals surface area contributed by atoms with Gasteiger partial charge >= 0.3 is 0 Å². The number of β-amino-alcohol motifs (C(OH)–C–C–N with tert-alkyl or cyclic N) is 1. The molecular weight excluding hydrogens is 467 g/mol. The predicted octanol–water partition coefficient (Wildman–Crippen LogP) is 4.19. The Labute approximate surface area is 179 Å². The molecule has 142 valence electrons. The zero-order valence-electron chi connectivity index (χ0n) is 15.4. The van der Waals surface area contributed by atoms with Gasteiger partial charge in [0.15, 0.2) is 0 Å². The number of nitrogens with zero attached hydrogens (tertiary/aromatic N) is 2. The van der Waals surface area contributed by atoms with Crippen molar-refractivity contribution in [3.8, 4) is 0 Å². The van der Waals surface area contributed by atoms with E-state index in [2.05, 4.69) is 80.9 Å². The van der Waals surface area contributed by atoms with Crippen molar-refractivity contribution in [1.29, 1.82) is 0 Å². The van der Waals surface area contributed by atoms with E-state index in [9.17, 15) is 0 Å². The van der Waals surface area contributed by atoms with E-state index in [1.165, 1.54) is 30.1 Å². The molecule has 2 aromatic rings. The van der Waals surface area contributed by atoms with Gasteiger partial charge in [0.2, 0.25) is 0 Å². The predicted molar refractivity (Wildman–Crippen MR) is 121 cm³/mol. The number of rotatable bonds is 5. The summed E-state index contributed by atoms with van der Waals surface area (Å²) in [7, 11) is 0. The second-order valence-electron chi connectivity index (χ2n) is 7.05. The minimum absolute atomic E-state index is 0.266. The Morgan fingerprint density at radius 2 is 1.63 bits per heavy atom. The summed E-state index contributed by atoms with van der Waals surface area (Å²) in [4.78, 5) is 7.61. The lowest BCUT2D eigenvalue weighted by atomic mass is 9.96. The normalized spacial score (nSPS) is 19.1. The first kappa shape index (κ1) is 19.5. The standard InChI is InChI=1S/C22H25IN2OS/c23-17-7-8-22-20(16-17)18(19-4-1-2-6-21(19)27-22)5-3-9-24-10-12-25(13-11-24)14-15-26/h1-2,4-8,16,26H,3,9-15H2/b18-5-. The molecule has 0 aliphatic carbocycles. The largest absolute Gasteiger partial charge is 0.395 e. The lowest BCUT2D eigenvalue weighted by Gasteiger charge is -2.34. The molecule has 1 N–H and O–H groups in total. The van der Waals surface area contributed by atoms with Crippen LogP contribution in [-0.2, 0) is 0 Å². The number of fused-ring (bicyclic) bond motifs is 2. The molecule has 0 amide bonds. The quantitative estimate of drug-likeness (QED) is 0.541. The monoisotopic (exact) mass is 492 g/mol. The Bertz CT molecular complexity index is 831. The van der Waals surface area contributed by atoms with Crippen LogP contribution in [-0.4, -0.2) is 60.8 Å².